The summed E-state index contributed by atoms with van der Waals surface area (Å²) in [4.78, 5) is 34.0. The fraction of sp³-hybridized carbons (Fsp3) is 0.758. The smallest absolute Gasteiger partial charge is 0.160 e. The first-order valence-corrected chi connectivity index (χ1v) is 30.6. The first kappa shape index (κ1) is 50.5. The van der Waals surface area contributed by atoms with Crippen molar-refractivity contribution in [3.63, 3.8) is 0 Å². The van der Waals surface area contributed by atoms with E-state index in [0.29, 0.717) is 49.3 Å². The summed E-state index contributed by atoms with van der Waals surface area (Å²) in [5.74, 6) is 2.02. The second-order valence-corrected chi connectivity index (χ2v) is 29.1. The molecule has 2 saturated heterocycles. The SMILES string of the molecule is CC1(C)O[C@@H]1[C@H](O)C[C@]1(C)CCc2c[nH]c3c(Cc4cc(C5CCCCC5)cc([C@H]5CCOC6(CCCCC6)C5)c4)cn(c23)C[C@@H]2C3=C1C(=O)C[C@]3(C)[C@@]1(C)CC[C@@H]3[C@@](C)(CCC(=O)[C@@]3(C)C3CCCC3)[C@H]1[C@@H]2O. The van der Waals surface area contributed by atoms with E-state index in [-0.39, 0.29) is 51.5 Å². The first-order chi connectivity index (χ1) is 35.3. The molecule has 74 heavy (non-hydrogen) atoms. The van der Waals surface area contributed by atoms with E-state index in [9.17, 15) is 15.0 Å². The van der Waals surface area contributed by atoms with Crippen molar-refractivity contribution in [1.29, 1.82) is 0 Å². The number of aryl methyl sites for hydroxylation is 1. The Morgan fingerprint density at radius 1 is 0.797 bits per heavy atom. The van der Waals surface area contributed by atoms with Gasteiger partial charge in [0.1, 0.15) is 11.9 Å². The minimum Gasteiger partial charge on any atom is -0.392 e. The highest BCUT2D eigenvalue weighted by atomic mass is 16.6. The number of aliphatic hydroxyl groups is 2. The Morgan fingerprint density at radius 2 is 1.50 bits per heavy atom. The number of benzene rings is 1. The van der Waals surface area contributed by atoms with Crippen LogP contribution in [0.25, 0.3) is 11.0 Å². The monoisotopic (exact) mass is 1010 g/mol. The summed E-state index contributed by atoms with van der Waals surface area (Å²) in [6.07, 6.45) is 29.2. The van der Waals surface area contributed by atoms with Crippen LogP contribution in [0.4, 0.5) is 0 Å². The number of ether oxygens (including phenoxy) is 2. The van der Waals surface area contributed by atoms with Crippen molar-refractivity contribution >= 4 is 22.6 Å². The van der Waals surface area contributed by atoms with Gasteiger partial charge in [0.25, 0.3) is 0 Å². The van der Waals surface area contributed by atoms with E-state index in [1.807, 2.05) is 0 Å². The predicted molar refractivity (Wildman–Crippen MR) is 292 cm³/mol. The highest BCUT2D eigenvalue weighted by molar-refractivity contribution is 6.02. The number of ketones is 2. The minimum atomic E-state index is -0.714. The lowest BCUT2D eigenvalue weighted by atomic mass is 9.33. The molecule has 8 nitrogen and oxygen atoms in total. The summed E-state index contributed by atoms with van der Waals surface area (Å²) in [6.45, 7) is 17.6. The molecule has 13 rings (SSSR count). The van der Waals surface area contributed by atoms with E-state index in [1.54, 1.807) is 5.56 Å². The van der Waals surface area contributed by atoms with Gasteiger partial charge in [-0.25, -0.2) is 0 Å². The zero-order chi connectivity index (χ0) is 51.4. The second kappa shape index (κ2) is 17.7. The lowest BCUT2D eigenvalue weighted by molar-refractivity contribution is -0.227. The molecule has 1 spiro atoms. The summed E-state index contributed by atoms with van der Waals surface area (Å²) in [5.41, 5.74) is 9.07. The average molecular weight is 1010 g/mol. The van der Waals surface area contributed by atoms with Crippen molar-refractivity contribution in [2.75, 3.05) is 6.61 Å². The molecule has 8 fully saturated rings. The van der Waals surface area contributed by atoms with Gasteiger partial charge in [0.2, 0.25) is 0 Å². The van der Waals surface area contributed by atoms with Gasteiger partial charge in [0.15, 0.2) is 5.78 Å². The Hall–Kier alpha value is -3.04. The number of carbonyl (C=O) groups excluding carboxylic acids is 2. The molecule has 12 atom stereocenters. The summed E-state index contributed by atoms with van der Waals surface area (Å²) < 4.78 is 15.3. The van der Waals surface area contributed by atoms with E-state index in [2.05, 4.69) is 88.6 Å². The van der Waals surface area contributed by atoms with Crippen molar-refractivity contribution in [2.45, 2.75) is 257 Å². The van der Waals surface area contributed by atoms with Crippen molar-refractivity contribution in [1.82, 2.24) is 9.55 Å². The zero-order valence-electron chi connectivity index (χ0n) is 46.6. The Labute approximate surface area is 443 Å². The normalized spacial score (nSPS) is 40.6. The number of epoxide rings is 1. The average Bonchev–Trinajstić information content (AvgIpc) is 3.93. The van der Waals surface area contributed by atoms with Gasteiger partial charge in [-0.15, -0.1) is 0 Å². The first-order valence-electron chi connectivity index (χ1n) is 30.6. The van der Waals surface area contributed by atoms with E-state index in [4.69, 9.17) is 9.47 Å². The van der Waals surface area contributed by atoms with Crippen LogP contribution in [0.2, 0.25) is 0 Å². The molecule has 3 aromatic rings. The molecule has 0 radical (unpaired) electrons. The molecule has 8 heteroatoms. The Balaban J connectivity index is 0.931. The molecular formula is C66H92N2O6. The van der Waals surface area contributed by atoms with Crippen molar-refractivity contribution in [3.05, 3.63) is 69.6 Å². The van der Waals surface area contributed by atoms with Crippen LogP contribution in [0.1, 0.15) is 236 Å². The highest BCUT2D eigenvalue weighted by Crippen LogP contribution is 2.76. The molecule has 0 bridgehead atoms. The summed E-state index contributed by atoms with van der Waals surface area (Å²) in [6, 6.07) is 7.77. The Morgan fingerprint density at radius 3 is 2.23 bits per heavy atom. The zero-order valence-corrected chi connectivity index (χ0v) is 46.6. The van der Waals surface area contributed by atoms with E-state index in [1.165, 1.54) is 116 Å². The van der Waals surface area contributed by atoms with Crippen LogP contribution in [0.5, 0.6) is 0 Å². The number of hydrogen-bond acceptors (Lipinski definition) is 6. The third kappa shape index (κ3) is 7.58. The number of Topliss-reactive ketones (excluding diaryl/α,β-unsaturated/α-hetero) is 2. The predicted octanol–water partition coefficient (Wildman–Crippen LogP) is 14.0. The fourth-order valence-corrected chi connectivity index (χ4v) is 20.8. The lowest BCUT2D eigenvalue weighted by Gasteiger charge is -2.70. The van der Waals surface area contributed by atoms with Crippen LogP contribution in [-0.4, -0.2) is 67.5 Å². The molecule has 2 aromatic heterocycles. The number of aliphatic hydroxyl groups excluding tert-OH is 2. The number of hydrogen-bond donors (Lipinski definition) is 3. The number of allylic oxidation sites excluding steroid dienone is 1. The van der Waals surface area contributed by atoms with Crippen molar-refractivity contribution in [2.24, 2.45) is 50.7 Å². The van der Waals surface area contributed by atoms with Gasteiger partial charge in [0.05, 0.1) is 34.4 Å². The van der Waals surface area contributed by atoms with Gasteiger partial charge in [-0.3, -0.25) is 9.59 Å². The number of carbonyl (C=O) groups is 2. The highest BCUT2D eigenvalue weighted by Gasteiger charge is 2.73. The maximum atomic E-state index is 15.6. The van der Waals surface area contributed by atoms with Gasteiger partial charge >= 0.3 is 0 Å². The molecule has 6 saturated carbocycles. The molecule has 3 aliphatic heterocycles. The standard InChI is InChI=1S/C66H92N2O6/c1-60(2)59(74-60)50(70)35-61(3)26-20-43-37-67-55-46(32-40-30-44(41-16-10-8-11-17-41)33-45(31-40)42-23-29-73-66(34-42)24-14-9-15-25-66)38-68(56(43)55)39-48-53-54(61)49(69)36-64(53,6)63(5)28-21-51-62(4,58(63)57(48)72)27-22-52(71)65(51,7)47-18-12-13-19-47/h30-31,33,37-38,41-42,47-48,50-51,57-59,67,70,72H,8-29,32,34-36,39H2,1-7H3/t42-,48+,50+,51+,57+,58+,59+,61-,62+,63-,64-,65-/m0/s1. The molecule has 0 unspecified atom stereocenters. The van der Waals surface area contributed by atoms with Gasteiger partial charge in [-0.05, 0) is 183 Å². The molecule has 5 heterocycles. The summed E-state index contributed by atoms with van der Waals surface area (Å²) >= 11 is 0. The molecule has 3 N–H and O–H groups in total. The van der Waals surface area contributed by atoms with Crippen molar-refractivity contribution < 1.29 is 29.3 Å². The number of aromatic nitrogens is 2. The molecular weight excluding hydrogens is 917 g/mol. The summed E-state index contributed by atoms with van der Waals surface area (Å²) in [5, 5.41) is 26.1. The molecule has 1 aromatic carbocycles. The van der Waals surface area contributed by atoms with Crippen LogP contribution in [0, 0.1) is 50.7 Å². The third-order valence-corrected chi connectivity index (χ3v) is 24.7. The Bertz CT molecular complexity index is 2740. The number of aromatic amines is 1. The number of rotatable bonds is 8. The second-order valence-electron chi connectivity index (χ2n) is 29.1. The number of H-pyrrole nitrogens is 1. The third-order valence-electron chi connectivity index (χ3n) is 24.7. The quantitative estimate of drug-likeness (QED) is 0.194. The van der Waals surface area contributed by atoms with E-state index < -0.39 is 28.6 Å². The Kier molecular flexibility index (Phi) is 12.1. The van der Waals surface area contributed by atoms with Crippen molar-refractivity contribution in [3.8, 4) is 0 Å². The van der Waals surface area contributed by atoms with Crippen LogP contribution < -0.4 is 0 Å². The molecule has 0 amide bonds. The van der Waals surface area contributed by atoms with Crippen LogP contribution in [0.15, 0.2) is 41.7 Å². The van der Waals surface area contributed by atoms with Gasteiger partial charge in [-0.1, -0.05) is 104 Å². The maximum absolute atomic E-state index is 15.6. The number of nitrogens with one attached hydrogen (secondary N) is 1. The van der Waals surface area contributed by atoms with E-state index in [0.717, 1.165) is 76.4 Å². The van der Waals surface area contributed by atoms with Gasteiger partial charge < -0.3 is 29.2 Å². The van der Waals surface area contributed by atoms with Gasteiger partial charge in [0, 0.05) is 67.1 Å². The van der Waals surface area contributed by atoms with Gasteiger partial charge in [-0.2, -0.15) is 0 Å². The lowest BCUT2D eigenvalue weighted by Crippen LogP contribution is -2.68. The minimum absolute atomic E-state index is 0.0444. The van der Waals surface area contributed by atoms with Crippen LogP contribution in [-0.2, 0) is 38.4 Å². The molecule has 402 valence electrons. The van der Waals surface area contributed by atoms with Crippen LogP contribution >= 0.6 is 0 Å². The van der Waals surface area contributed by atoms with Crippen LogP contribution in [0.3, 0.4) is 0 Å². The largest absolute Gasteiger partial charge is 0.392 e. The fourth-order valence-electron chi connectivity index (χ4n) is 20.8. The molecule has 10 aliphatic rings. The molecule has 7 aliphatic carbocycles. The summed E-state index contributed by atoms with van der Waals surface area (Å²) in [7, 11) is 0. The maximum Gasteiger partial charge on any atom is 0.160 e. The topological polar surface area (TPSA) is 117 Å². The van der Waals surface area contributed by atoms with E-state index >= 15 is 4.79 Å². The number of nitrogens with zero attached hydrogens (tertiary/aromatic N) is 1. The number of fused-ring (bicyclic) bond motifs is 4.